The average Bonchev–Trinajstić information content (AvgIpc) is 2.50. The molecule has 0 bridgehead atoms. The van der Waals surface area contributed by atoms with E-state index in [1.54, 1.807) is 30.5 Å². The molecule has 2 N–H and O–H groups in total. The Bertz CT molecular complexity index is 953. The number of hydrogen-bond donors (Lipinski definition) is 2. The van der Waals surface area contributed by atoms with Crippen LogP contribution in [0.2, 0.25) is 0 Å². The summed E-state index contributed by atoms with van der Waals surface area (Å²) in [5, 5.41) is 16.6. The topological polar surface area (TPSA) is 84.2 Å². The normalized spacial score (nSPS) is 10.7. The highest BCUT2D eigenvalue weighted by atomic mass is 79.9. The molecule has 1 aromatic heterocycles. The first-order chi connectivity index (χ1) is 11.0. The summed E-state index contributed by atoms with van der Waals surface area (Å²) in [6.07, 6.45) is 0.509. The molecular weight excluding hydrogens is 362 g/mol. The molecule has 23 heavy (non-hydrogen) atoms. The van der Waals surface area contributed by atoms with E-state index in [0.29, 0.717) is 11.1 Å². The van der Waals surface area contributed by atoms with Gasteiger partial charge < -0.3 is 5.11 Å². The second-order valence-corrected chi connectivity index (χ2v) is 5.89. The third-order valence-corrected chi connectivity index (χ3v) is 3.82. The number of aromatic nitrogens is 2. The van der Waals surface area contributed by atoms with Crippen LogP contribution in [0.4, 0.5) is 10.5 Å². The van der Waals surface area contributed by atoms with E-state index in [9.17, 15) is 9.59 Å². The minimum absolute atomic E-state index is 0.188. The number of fused-ring (bicyclic) bond motifs is 1. The molecule has 6 nitrogen and oxygen atoms in total. The smallest absolute Gasteiger partial charge is 0.409 e. The van der Waals surface area contributed by atoms with E-state index in [2.05, 4.69) is 26.3 Å². The summed E-state index contributed by atoms with van der Waals surface area (Å²) in [7, 11) is 0. The first-order valence-corrected chi connectivity index (χ1v) is 7.56. The first kappa shape index (κ1) is 15.2. The molecule has 0 spiro atoms. The van der Waals surface area contributed by atoms with Crippen molar-refractivity contribution in [3.8, 4) is 0 Å². The van der Waals surface area contributed by atoms with Gasteiger partial charge in [-0.2, -0.15) is 5.10 Å². The molecular formula is C16H12BrN3O3. The van der Waals surface area contributed by atoms with Gasteiger partial charge in [-0.25, -0.2) is 9.48 Å². The van der Waals surface area contributed by atoms with Gasteiger partial charge in [-0.05, 0) is 35.9 Å². The van der Waals surface area contributed by atoms with Gasteiger partial charge in [-0.3, -0.25) is 10.1 Å². The molecule has 116 valence electrons. The van der Waals surface area contributed by atoms with Crippen LogP contribution < -0.4 is 10.9 Å². The molecule has 7 heteroatoms. The van der Waals surface area contributed by atoms with Crippen molar-refractivity contribution in [1.29, 1.82) is 0 Å². The van der Waals surface area contributed by atoms with Crippen LogP contribution in [0, 0.1) is 0 Å². The fourth-order valence-corrected chi connectivity index (χ4v) is 2.69. The fourth-order valence-electron chi connectivity index (χ4n) is 2.32. The Morgan fingerprint density at radius 2 is 2.09 bits per heavy atom. The van der Waals surface area contributed by atoms with Crippen LogP contribution in [0.3, 0.4) is 0 Å². The highest BCUT2D eigenvalue weighted by Crippen LogP contribution is 2.16. The Balaban J connectivity index is 1.96. The van der Waals surface area contributed by atoms with Gasteiger partial charge in [0.1, 0.15) is 0 Å². The number of halogens is 1. The van der Waals surface area contributed by atoms with Gasteiger partial charge in [0, 0.05) is 15.5 Å². The SMILES string of the molecule is O=C(O)Nc1cccc(Cn2ncc3cc(Br)ccc3c2=O)c1. The molecule has 3 aromatic rings. The zero-order valence-electron chi connectivity index (χ0n) is 11.9. The molecule has 0 unspecified atom stereocenters. The van der Waals surface area contributed by atoms with Gasteiger partial charge in [0.25, 0.3) is 5.56 Å². The molecule has 0 fully saturated rings. The van der Waals surface area contributed by atoms with Gasteiger partial charge in [-0.1, -0.05) is 28.1 Å². The number of rotatable bonds is 3. The highest BCUT2D eigenvalue weighted by molar-refractivity contribution is 9.10. The Hall–Kier alpha value is -2.67. The predicted molar refractivity (Wildman–Crippen MR) is 90.9 cm³/mol. The van der Waals surface area contributed by atoms with Crippen molar-refractivity contribution in [3.63, 3.8) is 0 Å². The number of carboxylic acid groups (broad SMARTS) is 1. The van der Waals surface area contributed by atoms with E-state index in [0.717, 1.165) is 15.4 Å². The summed E-state index contributed by atoms with van der Waals surface area (Å²) in [5.41, 5.74) is 1.04. The lowest BCUT2D eigenvalue weighted by molar-refractivity contribution is 0.210. The number of carbonyl (C=O) groups is 1. The number of nitrogens with one attached hydrogen (secondary N) is 1. The van der Waals surface area contributed by atoms with Crippen LogP contribution in [-0.2, 0) is 6.54 Å². The molecule has 0 atom stereocenters. The number of amides is 1. The minimum Gasteiger partial charge on any atom is -0.465 e. The van der Waals surface area contributed by atoms with E-state index in [4.69, 9.17) is 5.11 Å². The monoisotopic (exact) mass is 373 g/mol. The summed E-state index contributed by atoms with van der Waals surface area (Å²) >= 11 is 3.37. The maximum absolute atomic E-state index is 12.5. The zero-order valence-corrected chi connectivity index (χ0v) is 13.4. The quantitative estimate of drug-likeness (QED) is 0.737. The number of nitrogens with zero attached hydrogens (tertiary/aromatic N) is 2. The summed E-state index contributed by atoms with van der Waals surface area (Å²) in [4.78, 5) is 23.2. The Kier molecular flexibility index (Phi) is 4.12. The summed E-state index contributed by atoms with van der Waals surface area (Å²) < 4.78 is 2.24. The third-order valence-electron chi connectivity index (χ3n) is 3.33. The van der Waals surface area contributed by atoms with Gasteiger partial charge in [0.05, 0.1) is 18.1 Å². The van der Waals surface area contributed by atoms with Crippen molar-refractivity contribution in [2.75, 3.05) is 5.32 Å². The third kappa shape index (κ3) is 3.40. The number of hydrogen-bond acceptors (Lipinski definition) is 3. The second-order valence-electron chi connectivity index (χ2n) is 4.97. The average molecular weight is 374 g/mol. The summed E-state index contributed by atoms with van der Waals surface area (Å²) in [6.45, 7) is 0.264. The molecule has 0 aliphatic rings. The van der Waals surface area contributed by atoms with Crippen LogP contribution in [0.15, 0.2) is 57.9 Å². The van der Waals surface area contributed by atoms with Gasteiger partial charge in [-0.15, -0.1) is 0 Å². The Morgan fingerprint density at radius 1 is 1.26 bits per heavy atom. The zero-order chi connectivity index (χ0) is 16.4. The lowest BCUT2D eigenvalue weighted by atomic mass is 10.2. The van der Waals surface area contributed by atoms with Crippen LogP contribution in [0.5, 0.6) is 0 Å². The van der Waals surface area contributed by atoms with Crippen molar-refractivity contribution in [2.24, 2.45) is 0 Å². The van der Waals surface area contributed by atoms with Crippen LogP contribution in [0.25, 0.3) is 10.8 Å². The van der Waals surface area contributed by atoms with Gasteiger partial charge >= 0.3 is 6.09 Å². The lowest BCUT2D eigenvalue weighted by Crippen LogP contribution is -2.23. The van der Waals surface area contributed by atoms with Gasteiger partial charge in [0.2, 0.25) is 0 Å². The van der Waals surface area contributed by atoms with Gasteiger partial charge in [0.15, 0.2) is 0 Å². The number of anilines is 1. The number of benzene rings is 2. The molecule has 1 heterocycles. The molecule has 0 radical (unpaired) electrons. The van der Waals surface area contributed by atoms with Crippen LogP contribution in [-0.4, -0.2) is 21.0 Å². The molecule has 0 saturated carbocycles. The van der Waals surface area contributed by atoms with Crippen molar-refractivity contribution in [2.45, 2.75) is 6.54 Å². The van der Waals surface area contributed by atoms with Crippen LogP contribution in [0.1, 0.15) is 5.56 Å². The molecule has 0 saturated heterocycles. The van der Waals surface area contributed by atoms with Crippen molar-refractivity contribution >= 4 is 38.5 Å². The Morgan fingerprint density at radius 3 is 2.87 bits per heavy atom. The first-order valence-electron chi connectivity index (χ1n) is 6.77. The van der Waals surface area contributed by atoms with Crippen molar-refractivity contribution < 1.29 is 9.90 Å². The van der Waals surface area contributed by atoms with E-state index < -0.39 is 6.09 Å². The van der Waals surface area contributed by atoms with Crippen LogP contribution >= 0.6 is 15.9 Å². The standard InChI is InChI=1S/C16H12BrN3O3/c17-12-4-5-14-11(7-12)8-18-20(15(14)21)9-10-2-1-3-13(6-10)19-16(22)23/h1-8,19H,9H2,(H,22,23). The van der Waals surface area contributed by atoms with E-state index in [-0.39, 0.29) is 12.1 Å². The molecule has 0 aliphatic heterocycles. The maximum Gasteiger partial charge on any atom is 0.409 e. The molecule has 1 amide bonds. The Labute approximate surface area is 139 Å². The van der Waals surface area contributed by atoms with E-state index in [1.165, 1.54) is 4.68 Å². The van der Waals surface area contributed by atoms with E-state index in [1.807, 2.05) is 18.2 Å². The maximum atomic E-state index is 12.5. The molecule has 2 aromatic carbocycles. The predicted octanol–water partition coefficient (Wildman–Crippen LogP) is 3.30. The second kappa shape index (κ2) is 6.21. The summed E-state index contributed by atoms with van der Waals surface area (Å²) in [6, 6.07) is 12.3. The molecule has 0 aliphatic carbocycles. The molecule has 3 rings (SSSR count). The highest BCUT2D eigenvalue weighted by Gasteiger charge is 2.06. The lowest BCUT2D eigenvalue weighted by Gasteiger charge is -2.08. The fraction of sp³-hybridized carbons (Fsp3) is 0.0625. The van der Waals surface area contributed by atoms with Crippen molar-refractivity contribution in [1.82, 2.24) is 9.78 Å². The van der Waals surface area contributed by atoms with E-state index >= 15 is 0 Å². The van der Waals surface area contributed by atoms with Crippen molar-refractivity contribution in [3.05, 3.63) is 69.1 Å². The largest absolute Gasteiger partial charge is 0.465 e. The minimum atomic E-state index is -1.13. The summed E-state index contributed by atoms with van der Waals surface area (Å²) in [5.74, 6) is 0.